The van der Waals surface area contributed by atoms with Crippen molar-refractivity contribution in [2.75, 3.05) is 4.72 Å². The first-order valence-electron chi connectivity index (χ1n) is 7.85. The number of hydrogen-bond acceptors (Lipinski definition) is 4. The first-order chi connectivity index (χ1) is 13.0. The van der Waals surface area contributed by atoms with Crippen molar-refractivity contribution in [3.05, 3.63) is 63.6 Å². The van der Waals surface area contributed by atoms with E-state index in [0.717, 1.165) is 11.6 Å². The summed E-state index contributed by atoms with van der Waals surface area (Å²) in [5.74, 6) is 0. The van der Waals surface area contributed by atoms with Crippen LogP contribution in [-0.4, -0.2) is 19.6 Å². The van der Waals surface area contributed by atoms with Crippen molar-refractivity contribution in [2.24, 2.45) is 5.16 Å². The van der Waals surface area contributed by atoms with Crippen molar-refractivity contribution >= 4 is 44.6 Å². The second-order valence-electron chi connectivity index (χ2n) is 5.53. The van der Waals surface area contributed by atoms with Gasteiger partial charge in [0.15, 0.2) is 0 Å². The predicted molar refractivity (Wildman–Crippen MR) is 103 cm³/mol. The van der Waals surface area contributed by atoms with Gasteiger partial charge in [-0.25, -0.2) is 0 Å². The quantitative estimate of drug-likeness (QED) is 0.438. The summed E-state index contributed by atoms with van der Waals surface area (Å²) in [5, 5.41) is 4.69. The fourth-order valence-electron chi connectivity index (χ4n) is 2.12. The molecule has 152 valence electrons. The van der Waals surface area contributed by atoms with Crippen LogP contribution >= 0.6 is 23.2 Å². The molecule has 0 aromatic heterocycles. The highest BCUT2D eigenvalue weighted by atomic mass is 35.5. The van der Waals surface area contributed by atoms with E-state index in [-0.39, 0.29) is 35.0 Å². The average Bonchev–Trinajstić information content (AvgIpc) is 2.61. The molecule has 0 aliphatic rings. The summed E-state index contributed by atoms with van der Waals surface area (Å²) in [7, 11) is -5.60. The van der Waals surface area contributed by atoms with Crippen molar-refractivity contribution in [1.82, 2.24) is 0 Å². The molecular formula is C17H15Cl2F3N2O3S. The van der Waals surface area contributed by atoms with Crippen molar-refractivity contribution in [2.45, 2.75) is 25.5 Å². The fourth-order valence-corrected chi connectivity index (χ4v) is 3.00. The second kappa shape index (κ2) is 9.02. The van der Waals surface area contributed by atoms with E-state index < -0.39 is 15.5 Å². The maximum absolute atomic E-state index is 12.7. The van der Waals surface area contributed by atoms with Gasteiger partial charge in [-0.2, -0.15) is 21.6 Å². The van der Waals surface area contributed by atoms with E-state index in [2.05, 4.69) is 5.16 Å². The molecule has 0 amide bonds. The molecule has 2 aromatic rings. The Labute approximate surface area is 170 Å². The first kappa shape index (κ1) is 22.3. The number of benzene rings is 2. The molecule has 11 heteroatoms. The summed E-state index contributed by atoms with van der Waals surface area (Å²) in [6.45, 7) is 1.78. The minimum absolute atomic E-state index is 0.0823. The molecule has 0 aliphatic heterocycles. The second-order valence-corrected chi connectivity index (χ2v) is 8.08. The van der Waals surface area contributed by atoms with Crippen LogP contribution in [-0.2, 0) is 21.5 Å². The standard InChI is InChI=1S/C17H15Cl2F3N2O3S/c1-2-15(23-27-10-11-3-5-12(18)6-4-11)14-9-13(19)7-8-16(14)24-28(25,26)17(20,21)22/h3-9,24H,2,10H2,1H3/b23-15+. The predicted octanol–water partition coefficient (Wildman–Crippen LogP) is 5.59. The van der Waals surface area contributed by atoms with Crippen LogP contribution in [0.5, 0.6) is 0 Å². The van der Waals surface area contributed by atoms with E-state index in [4.69, 9.17) is 28.0 Å². The van der Waals surface area contributed by atoms with E-state index >= 15 is 0 Å². The third-order valence-corrected chi connectivity index (χ3v) is 5.08. The van der Waals surface area contributed by atoms with Crippen molar-refractivity contribution in [3.8, 4) is 0 Å². The van der Waals surface area contributed by atoms with E-state index in [9.17, 15) is 21.6 Å². The van der Waals surface area contributed by atoms with Crippen LogP contribution in [0.2, 0.25) is 10.0 Å². The number of oxime groups is 1. The largest absolute Gasteiger partial charge is 0.516 e. The van der Waals surface area contributed by atoms with Gasteiger partial charge in [-0.15, -0.1) is 0 Å². The first-order valence-corrected chi connectivity index (χ1v) is 10.1. The molecule has 0 radical (unpaired) electrons. The van der Waals surface area contributed by atoms with E-state index in [1.54, 1.807) is 31.2 Å². The highest BCUT2D eigenvalue weighted by molar-refractivity contribution is 7.93. The number of nitrogens with zero attached hydrogens (tertiary/aromatic N) is 1. The lowest BCUT2D eigenvalue weighted by atomic mass is 10.1. The molecule has 2 aromatic carbocycles. The lowest BCUT2D eigenvalue weighted by Crippen LogP contribution is -2.30. The lowest BCUT2D eigenvalue weighted by molar-refractivity contribution is -0.0429. The minimum atomic E-state index is -5.60. The van der Waals surface area contributed by atoms with Gasteiger partial charge in [-0.3, -0.25) is 4.72 Å². The summed E-state index contributed by atoms with van der Waals surface area (Å²) in [6.07, 6.45) is 0.252. The number of sulfonamides is 1. The van der Waals surface area contributed by atoms with Gasteiger partial charge in [-0.05, 0) is 42.3 Å². The SMILES string of the molecule is CC/C(=N\OCc1ccc(Cl)cc1)c1cc(Cl)ccc1NS(=O)(=O)C(F)(F)F. The van der Waals surface area contributed by atoms with Gasteiger partial charge in [0, 0.05) is 15.6 Å². The number of alkyl halides is 3. The van der Waals surface area contributed by atoms with E-state index in [1.165, 1.54) is 16.9 Å². The van der Waals surface area contributed by atoms with Gasteiger partial charge < -0.3 is 4.84 Å². The van der Waals surface area contributed by atoms with Gasteiger partial charge in [0.2, 0.25) is 0 Å². The Morgan fingerprint density at radius 2 is 1.71 bits per heavy atom. The van der Waals surface area contributed by atoms with Gasteiger partial charge in [0.05, 0.1) is 11.4 Å². The maximum atomic E-state index is 12.7. The Bertz CT molecular complexity index is 963. The van der Waals surface area contributed by atoms with Crippen LogP contribution in [0.3, 0.4) is 0 Å². The van der Waals surface area contributed by atoms with Crippen LogP contribution in [0.4, 0.5) is 18.9 Å². The Hall–Kier alpha value is -1.97. The number of rotatable bonds is 7. The van der Waals surface area contributed by atoms with Gasteiger partial charge in [0.25, 0.3) is 0 Å². The van der Waals surface area contributed by atoms with Crippen molar-refractivity contribution in [3.63, 3.8) is 0 Å². The maximum Gasteiger partial charge on any atom is 0.516 e. The molecule has 1 N–H and O–H groups in total. The molecule has 5 nitrogen and oxygen atoms in total. The van der Waals surface area contributed by atoms with E-state index in [0.29, 0.717) is 5.02 Å². The molecule has 0 fully saturated rings. The molecule has 0 saturated heterocycles. The summed E-state index contributed by atoms with van der Waals surface area (Å²) >= 11 is 11.7. The highest BCUT2D eigenvalue weighted by Gasteiger charge is 2.46. The summed E-state index contributed by atoms with van der Waals surface area (Å²) in [4.78, 5) is 5.26. The zero-order valence-electron chi connectivity index (χ0n) is 14.4. The molecule has 0 bridgehead atoms. The molecule has 0 aliphatic carbocycles. The Morgan fingerprint density at radius 3 is 2.29 bits per heavy atom. The number of nitrogens with one attached hydrogen (secondary N) is 1. The topological polar surface area (TPSA) is 67.8 Å². The minimum Gasteiger partial charge on any atom is -0.391 e. The van der Waals surface area contributed by atoms with Crippen LogP contribution in [0.15, 0.2) is 47.6 Å². The Balaban J connectivity index is 2.29. The molecule has 0 heterocycles. The number of halogens is 5. The summed E-state index contributed by atoms with van der Waals surface area (Å²) in [6, 6.07) is 10.5. The van der Waals surface area contributed by atoms with Crippen molar-refractivity contribution < 1.29 is 26.4 Å². The lowest BCUT2D eigenvalue weighted by Gasteiger charge is -2.15. The Kier molecular flexibility index (Phi) is 7.19. The van der Waals surface area contributed by atoms with Gasteiger partial charge in [-0.1, -0.05) is 47.4 Å². The Morgan fingerprint density at radius 1 is 1.11 bits per heavy atom. The molecule has 2 rings (SSSR count). The zero-order chi connectivity index (χ0) is 20.9. The molecule has 0 spiro atoms. The summed E-state index contributed by atoms with van der Waals surface area (Å²) in [5.41, 5.74) is -4.70. The molecule has 0 atom stereocenters. The average molecular weight is 455 g/mol. The van der Waals surface area contributed by atoms with Crippen molar-refractivity contribution in [1.29, 1.82) is 0 Å². The van der Waals surface area contributed by atoms with Gasteiger partial charge >= 0.3 is 15.5 Å². The summed E-state index contributed by atoms with van der Waals surface area (Å²) < 4.78 is 62.5. The third-order valence-electron chi connectivity index (χ3n) is 3.50. The van der Waals surface area contributed by atoms with Crippen LogP contribution in [0.1, 0.15) is 24.5 Å². The zero-order valence-corrected chi connectivity index (χ0v) is 16.8. The van der Waals surface area contributed by atoms with E-state index in [1.807, 2.05) is 0 Å². The van der Waals surface area contributed by atoms with Crippen LogP contribution in [0, 0.1) is 0 Å². The number of hydrogen-bond donors (Lipinski definition) is 1. The molecule has 28 heavy (non-hydrogen) atoms. The third kappa shape index (κ3) is 5.76. The number of anilines is 1. The normalized spacial score (nSPS) is 12.7. The molecular weight excluding hydrogens is 440 g/mol. The molecule has 0 unspecified atom stereocenters. The highest BCUT2D eigenvalue weighted by Crippen LogP contribution is 2.29. The van der Waals surface area contributed by atoms with Crippen LogP contribution in [0.25, 0.3) is 0 Å². The van der Waals surface area contributed by atoms with Crippen LogP contribution < -0.4 is 4.72 Å². The van der Waals surface area contributed by atoms with Gasteiger partial charge in [0.1, 0.15) is 6.61 Å². The fraction of sp³-hybridized carbons (Fsp3) is 0.235. The molecule has 0 saturated carbocycles. The monoisotopic (exact) mass is 454 g/mol. The smallest absolute Gasteiger partial charge is 0.391 e.